The molecule has 0 saturated carbocycles. The van der Waals surface area contributed by atoms with E-state index in [1.807, 2.05) is 41.8 Å². The average Bonchev–Trinajstić information content (AvgIpc) is 3.05. The predicted molar refractivity (Wildman–Crippen MR) is 100 cm³/mol. The molecule has 5 nitrogen and oxygen atoms in total. The van der Waals surface area contributed by atoms with Crippen LogP contribution >= 0.6 is 0 Å². The van der Waals surface area contributed by atoms with Gasteiger partial charge in [-0.3, -0.25) is 0 Å². The molecule has 1 aliphatic rings. The highest BCUT2D eigenvalue weighted by Gasteiger charge is 2.20. The summed E-state index contributed by atoms with van der Waals surface area (Å²) in [6.45, 7) is 6.53. The number of piperidine rings is 1. The average molecular weight is 336 g/mol. The molecule has 0 aliphatic carbocycles. The lowest BCUT2D eigenvalue weighted by Gasteiger charge is -2.32. The lowest BCUT2D eigenvalue weighted by atomic mass is 9.99. The van der Waals surface area contributed by atoms with E-state index in [9.17, 15) is 0 Å². The number of nitrogens with zero attached hydrogens (tertiary/aromatic N) is 4. The highest BCUT2D eigenvalue weighted by molar-refractivity contribution is 5.71. The van der Waals surface area contributed by atoms with Gasteiger partial charge in [0.05, 0.1) is 12.8 Å². The van der Waals surface area contributed by atoms with Crippen molar-refractivity contribution in [2.75, 3.05) is 25.1 Å². The molecule has 2 aromatic heterocycles. The number of fused-ring (bicyclic) bond motifs is 1. The number of anilines is 1. The Morgan fingerprint density at radius 2 is 1.88 bits per heavy atom. The summed E-state index contributed by atoms with van der Waals surface area (Å²) in [7, 11) is 1.69. The molecule has 5 heteroatoms. The van der Waals surface area contributed by atoms with Gasteiger partial charge in [0.1, 0.15) is 11.6 Å². The smallest absolute Gasteiger partial charge is 0.158 e. The Hall–Kier alpha value is -2.56. The van der Waals surface area contributed by atoms with Gasteiger partial charge in [0.2, 0.25) is 0 Å². The van der Waals surface area contributed by atoms with Crippen LogP contribution in [0.1, 0.15) is 25.5 Å². The molecular weight excluding hydrogens is 312 g/mol. The molecule has 0 N–H and O–H groups in total. The van der Waals surface area contributed by atoms with E-state index < -0.39 is 0 Å². The Labute approximate surface area is 148 Å². The number of hydrogen-bond donors (Lipinski definition) is 0. The minimum absolute atomic E-state index is 0.802. The van der Waals surface area contributed by atoms with Crippen LogP contribution in [0.5, 0.6) is 5.75 Å². The Balaban J connectivity index is 1.81. The number of aryl methyl sites for hydroxylation is 1. The molecule has 1 fully saturated rings. The van der Waals surface area contributed by atoms with Gasteiger partial charge < -0.3 is 9.64 Å². The highest BCUT2D eigenvalue weighted by atomic mass is 16.5. The van der Waals surface area contributed by atoms with Crippen LogP contribution in [0.15, 0.2) is 36.4 Å². The quantitative estimate of drug-likeness (QED) is 0.726. The van der Waals surface area contributed by atoms with E-state index >= 15 is 0 Å². The van der Waals surface area contributed by atoms with Gasteiger partial charge in [0, 0.05) is 36.5 Å². The topological polar surface area (TPSA) is 42.7 Å². The monoisotopic (exact) mass is 336 g/mol. The van der Waals surface area contributed by atoms with Crippen LogP contribution in [0, 0.1) is 12.8 Å². The van der Waals surface area contributed by atoms with E-state index in [0.29, 0.717) is 0 Å². The second kappa shape index (κ2) is 6.39. The van der Waals surface area contributed by atoms with Crippen LogP contribution in [0.25, 0.3) is 16.9 Å². The molecular formula is C20H24N4O. The van der Waals surface area contributed by atoms with E-state index in [1.165, 1.54) is 12.8 Å². The summed E-state index contributed by atoms with van der Waals surface area (Å²) in [5.74, 6) is 2.77. The van der Waals surface area contributed by atoms with Crippen molar-refractivity contribution >= 4 is 11.5 Å². The van der Waals surface area contributed by atoms with Crippen LogP contribution in [0.2, 0.25) is 0 Å². The van der Waals surface area contributed by atoms with E-state index in [0.717, 1.165) is 53.2 Å². The fraction of sp³-hybridized carbons (Fsp3) is 0.400. The maximum atomic E-state index is 5.50. The van der Waals surface area contributed by atoms with Crippen LogP contribution < -0.4 is 9.64 Å². The molecule has 0 spiro atoms. The van der Waals surface area contributed by atoms with E-state index in [-0.39, 0.29) is 0 Å². The molecule has 4 rings (SSSR count). The van der Waals surface area contributed by atoms with Crippen molar-refractivity contribution in [3.05, 3.63) is 42.1 Å². The second-order valence-electron chi connectivity index (χ2n) is 6.93. The fourth-order valence-corrected chi connectivity index (χ4v) is 3.53. The molecule has 1 aliphatic heterocycles. The lowest BCUT2D eigenvalue weighted by Crippen LogP contribution is -2.34. The summed E-state index contributed by atoms with van der Waals surface area (Å²) in [6.07, 6.45) is 2.45. The van der Waals surface area contributed by atoms with Crippen LogP contribution in [-0.4, -0.2) is 34.8 Å². The van der Waals surface area contributed by atoms with Crippen molar-refractivity contribution in [1.29, 1.82) is 0 Å². The van der Waals surface area contributed by atoms with E-state index in [2.05, 4.69) is 22.9 Å². The largest absolute Gasteiger partial charge is 0.496 e. The summed E-state index contributed by atoms with van der Waals surface area (Å²) in [5, 5.41) is 4.86. The minimum atomic E-state index is 0.802. The number of methoxy groups -OCH3 is 1. The first-order chi connectivity index (χ1) is 12.2. The SMILES string of the molecule is COc1ccccc1-c1cc2nc(C)cc(N3CCC(C)CC3)n2n1. The molecule has 3 aromatic rings. The normalized spacial score (nSPS) is 15.7. The first-order valence-electron chi connectivity index (χ1n) is 8.91. The third kappa shape index (κ3) is 2.95. The Bertz CT molecular complexity index is 894. The third-order valence-electron chi connectivity index (χ3n) is 5.03. The molecule has 0 atom stereocenters. The Kier molecular flexibility index (Phi) is 4.07. The first-order valence-corrected chi connectivity index (χ1v) is 8.91. The number of aromatic nitrogens is 3. The first kappa shape index (κ1) is 15.9. The number of rotatable bonds is 3. The third-order valence-corrected chi connectivity index (χ3v) is 5.03. The van der Waals surface area contributed by atoms with Gasteiger partial charge in [-0.15, -0.1) is 0 Å². The zero-order chi connectivity index (χ0) is 17.4. The summed E-state index contributed by atoms with van der Waals surface area (Å²) in [5.41, 5.74) is 3.79. The molecule has 130 valence electrons. The zero-order valence-corrected chi connectivity index (χ0v) is 15.1. The Morgan fingerprint density at radius 3 is 2.64 bits per heavy atom. The number of para-hydroxylation sites is 1. The van der Waals surface area contributed by atoms with E-state index in [4.69, 9.17) is 9.84 Å². The van der Waals surface area contributed by atoms with Crippen LogP contribution in [0.3, 0.4) is 0 Å². The zero-order valence-electron chi connectivity index (χ0n) is 15.1. The van der Waals surface area contributed by atoms with Gasteiger partial charge in [-0.25, -0.2) is 4.98 Å². The Morgan fingerprint density at radius 1 is 1.12 bits per heavy atom. The van der Waals surface area contributed by atoms with Gasteiger partial charge >= 0.3 is 0 Å². The number of benzene rings is 1. The van der Waals surface area contributed by atoms with Gasteiger partial charge in [-0.05, 0) is 37.8 Å². The number of ether oxygens (including phenoxy) is 1. The van der Waals surface area contributed by atoms with Crippen molar-refractivity contribution < 1.29 is 4.74 Å². The van der Waals surface area contributed by atoms with Crippen molar-refractivity contribution in [2.45, 2.75) is 26.7 Å². The standard InChI is InChI=1S/C20H24N4O/c1-14-8-10-23(11-9-14)20-12-15(2)21-19-13-17(22-24(19)20)16-6-4-5-7-18(16)25-3/h4-7,12-14H,8-11H2,1-3H3. The lowest BCUT2D eigenvalue weighted by molar-refractivity contribution is 0.416. The van der Waals surface area contributed by atoms with Crippen LogP contribution in [0.4, 0.5) is 5.82 Å². The summed E-state index contributed by atoms with van der Waals surface area (Å²) >= 11 is 0. The van der Waals surface area contributed by atoms with Crippen molar-refractivity contribution in [3.8, 4) is 17.0 Å². The van der Waals surface area contributed by atoms with Crippen molar-refractivity contribution in [1.82, 2.24) is 14.6 Å². The minimum Gasteiger partial charge on any atom is -0.496 e. The maximum Gasteiger partial charge on any atom is 0.158 e. The fourth-order valence-electron chi connectivity index (χ4n) is 3.53. The molecule has 0 amide bonds. The molecule has 0 bridgehead atoms. The predicted octanol–water partition coefficient (Wildman–Crippen LogP) is 3.95. The van der Waals surface area contributed by atoms with E-state index in [1.54, 1.807) is 7.11 Å². The summed E-state index contributed by atoms with van der Waals surface area (Å²) in [4.78, 5) is 7.11. The second-order valence-corrected chi connectivity index (χ2v) is 6.93. The van der Waals surface area contributed by atoms with Gasteiger partial charge in [-0.2, -0.15) is 9.61 Å². The maximum absolute atomic E-state index is 5.50. The summed E-state index contributed by atoms with van der Waals surface area (Å²) < 4.78 is 7.47. The molecule has 0 unspecified atom stereocenters. The highest BCUT2D eigenvalue weighted by Crippen LogP contribution is 2.31. The molecule has 1 saturated heterocycles. The van der Waals surface area contributed by atoms with Crippen LogP contribution in [-0.2, 0) is 0 Å². The number of hydrogen-bond acceptors (Lipinski definition) is 4. The molecule has 0 radical (unpaired) electrons. The van der Waals surface area contributed by atoms with Crippen molar-refractivity contribution in [2.24, 2.45) is 5.92 Å². The van der Waals surface area contributed by atoms with Crippen molar-refractivity contribution in [3.63, 3.8) is 0 Å². The molecule has 3 heterocycles. The van der Waals surface area contributed by atoms with Gasteiger partial charge in [0.25, 0.3) is 0 Å². The molecule has 1 aromatic carbocycles. The molecule has 25 heavy (non-hydrogen) atoms. The van der Waals surface area contributed by atoms with Gasteiger partial charge in [-0.1, -0.05) is 19.1 Å². The van der Waals surface area contributed by atoms with Gasteiger partial charge in [0.15, 0.2) is 5.65 Å². The summed E-state index contributed by atoms with van der Waals surface area (Å²) in [6, 6.07) is 12.2.